The number of carbonyl (C=O) groups is 2. The first-order valence-corrected chi connectivity index (χ1v) is 8.66. The van der Waals surface area contributed by atoms with Crippen LogP contribution in [0, 0.1) is 0 Å². The number of pyridine rings is 1. The molecule has 7 nitrogen and oxygen atoms in total. The highest BCUT2D eigenvalue weighted by Gasteiger charge is 2.40. The predicted octanol–water partition coefficient (Wildman–Crippen LogP) is 1.32. The molecule has 4 rings (SSSR count). The van der Waals surface area contributed by atoms with Crippen LogP contribution in [0.4, 0.5) is 0 Å². The van der Waals surface area contributed by atoms with Gasteiger partial charge in [-0.2, -0.15) is 5.10 Å². The van der Waals surface area contributed by atoms with Crippen molar-refractivity contribution in [3.05, 3.63) is 47.5 Å². The second kappa shape index (κ2) is 6.31. The van der Waals surface area contributed by atoms with Gasteiger partial charge in [-0.3, -0.25) is 19.3 Å². The third-order valence-corrected chi connectivity index (χ3v) is 5.16. The van der Waals surface area contributed by atoms with Crippen LogP contribution in [0.2, 0.25) is 0 Å². The molecule has 25 heavy (non-hydrogen) atoms. The van der Waals surface area contributed by atoms with E-state index in [1.54, 1.807) is 30.5 Å². The van der Waals surface area contributed by atoms with Gasteiger partial charge in [0.25, 0.3) is 5.91 Å². The molecule has 2 aliphatic heterocycles. The number of likely N-dealkylation sites (N-methyl/N-ethyl adjacent to an activating group) is 1. The molecule has 2 aromatic heterocycles. The third kappa shape index (κ3) is 2.79. The molecule has 2 aliphatic rings. The lowest BCUT2D eigenvalue weighted by molar-refractivity contribution is -0.127. The minimum Gasteiger partial charge on any atom is -0.346 e. The number of likely N-dealkylation sites (tertiary alicyclic amines) is 1. The van der Waals surface area contributed by atoms with Gasteiger partial charge in [-0.25, -0.2) is 0 Å². The number of hydrogen-bond donors (Lipinski definition) is 1. The smallest absolute Gasteiger partial charge is 0.255 e. The molecule has 0 aromatic carbocycles. The van der Waals surface area contributed by atoms with Crippen molar-refractivity contribution in [2.75, 3.05) is 7.05 Å². The Bertz CT molecular complexity index is 801. The van der Waals surface area contributed by atoms with Crippen molar-refractivity contribution in [2.45, 2.75) is 44.3 Å². The van der Waals surface area contributed by atoms with Crippen molar-refractivity contribution in [1.29, 1.82) is 0 Å². The topological polar surface area (TPSA) is 80.1 Å². The zero-order valence-electron chi connectivity index (χ0n) is 14.2. The summed E-state index contributed by atoms with van der Waals surface area (Å²) in [5.74, 6) is -0.124. The van der Waals surface area contributed by atoms with E-state index < -0.39 is 0 Å². The van der Waals surface area contributed by atoms with E-state index in [4.69, 9.17) is 0 Å². The number of carbonyl (C=O) groups excluding carboxylic acids is 2. The molecule has 0 radical (unpaired) electrons. The van der Waals surface area contributed by atoms with Crippen LogP contribution in [-0.2, 0) is 17.8 Å². The van der Waals surface area contributed by atoms with E-state index >= 15 is 0 Å². The molecule has 2 atom stereocenters. The van der Waals surface area contributed by atoms with Gasteiger partial charge in [-0.1, -0.05) is 6.07 Å². The number of aromatic nitrogens is 3. The fraction of sp³-hybridized carbons (Fsp3) is 0.444. The molecule has 0 spiro atoms. The first-order chi connectivity index (χ1) is 12.1. The van der Waals surface area contributed by atoms with Crippen LogP contribution in [0.5, 0.6) is 0 Å². The SMILES string of the molecule is CN1C(=O)C[C@@H](NC(=O)c2cnn3c2CCCC3)[C@@H]1c1cccnc1. The number of hydrogen-bond acceptors (Lipinski definition) is 4. The Hall–Kier alpha value is -2.70. The quantitative estimate of drug-likeness (QED) is 0.914. The summed E-state index contributed by atoms with van der Waals surface area (Å²) < 4.78 is 1.92. The summed E-state index contributed by atoms with van der Waals surface area (Å²) >= 11 is 0. The van der Waals surface area contributed by atoms with E-state index in [0.29, 0.717) is 12.0 Å². The Morgan fingerprint density at radius 2 is 2.20 bits per heavy atom. The highest BCUT2D eigenvalue weighted by molar-refractivity contribution is 5.96. The van der Waals surface area contributed by atoms with E-state index in [0.717, 1.165) is 37.1 Å². The molecule has 130 valence electrons. The van der Waals surface area contributed by atoms with Crippen LogP contribution in [-0.4, -0.2) is 44.6 Å². The van der Waals surface area contributed by atoms with Crippen molar-refractivity contribution in [1.82, 2.24) is 25.0 Å². The summed E-state index contributed by atoms with van der Waals surface area (Å²) in [5, 5.41) is 7.39. The summed E-state index contributed by atoms with van der Waals surface area (Å²) in [6, 6.07) is 3.32. The largest absolute Gasteiger partial charge is 0.346 e. The summed E-state index contributed by atoms with van der Waals surface area (Å²) in [7, 11) is 1.77. The summed E-state index contributed by atoms with van der Waals surface area (Å²) in [4.78, 5) is 30.9. The lowest BCUT2D eigenvalue weighted by Gasteiger charge is -2.25. The van der Waals surface area contributed by atoms with Gasteiger partial charge in [-0.15, -0.1) is 0 Å². The molecule has 0 bridgehead atoms. The monoisotopic (exact) mass is 339 g/mol. The minimum atomic E-state index is -0.270. The highest BCUT2D eigenvalue weighted by atomic mass is 16.2. The van der Waals surface area contributed by atoms with Crippen molar-refractivity contribution >= 4 is 11.8 Å². The number of nitrogens with one attached hydrogen (secondary N) is 1. The molecule has 7 heteroatoms. The van der Waals surface area contributed by atoms with Gasteiger partial charge in [0.1, 0.15) is 0 Å². The molecule has 2 amide bonds. The van der Waals surface area contributed by atoms with Gasteiger partial charge in [0.2, 0.25) is 5.91 Å². The molecule has 4 heterocycles. The van der Waals surface area contributed by atoms with Crippen LogP contribution in [0.15, 0.2) is 30.7 Å². The fourth-order valence-electron chi connectivity index (χ4n) is 3.86. The molecular weight excluding hydrogens is 318 g/mol. The van der Waals surface area contributed by atoms with Crippen molar-refractivity contribution in [3.63, 3.8) is 0 Å². The number of nitrogens with zero attached hydrogens (tertiary/aromatic N) is 4. The summed E-state index contributed by atoms with van der Waals surface area (Å²) in [5.41, 5.74) is 2.56. The average Bonchev–Trinajstić information content (AvgIpc) is 3.17. The molecule has 1 N–H and O–H groups in total. The van der Waals surface area contributed by atoms with E-state index in [2.05, 4.69) is 15.4 Å². The predicted molar refractivity (Wildman–Crippen MR) is 90.8 cm³/mol. The van der Waals surface area contributed by atoms with Crippen molar-refractivity contribution in [3.8, 4) is 0 Å². The third-order valence-electron chi connectivity index (χ3n) is 5.16. The van der Waals surface area contributed by atoms with Crippen LogP contribution in [0.1, 0.15) is 46.9 Å². The van der Waals surface area contributed by atoms with Gasteiger partial charge < -0.3 is 10.2 Å². The second-order valence-corrected chi connectivity index (χ2v) is 6.71. The van der Waals surface area contributed by atoms with E-state index in [9.17, 15) is 9.59 Å². The van der Waals surface area contributed by atoms with Crippen LogP contribution in [0.25, 0.3) is 0 Å². The standard InChI is InChI=1S/C18H21N5O2/c1-22-16(24)9-14(17(22)12-5-4-7-19-10-12)21-18(25)13-11-20-23-8-3-2-6-15(13)23/h4-5,7,10-11,14,17H,2-3,6,8-9H2,1H3,(H,21,25)/t14-,17+/m1/s1. The summed E-state index contributed by atoms with van der Waals surface area (Å²) in [6.07, 6.45) is 8.45. The van der Waals surface area contributed by atoms with E-state index in [-0.39, 0.29) is 23.9 Å². The molecule has 1 fully saturated rings. The number of aryl methyl sites for hydroxylation is 1. The Morgan fingerprint density at radius 3 is 3.00 bits per heavy atom. The Balaban J connectivity index is 1.57. The minimum absolute atomic E-state index is 0.0242. The first kappa shape index (κ1) is 15.8. The second-order valence-electron chi connectivity index (χ2n) is 6.71. The molecule has 0 unspecified atom stereocenters. The number of amides is 2. The van der Waals surface area contributed by atoms with Crippen molar-refractivity contribution in [2.24, 2.45) is 0 Å². The molecule has 0 saturated carbocycles. The zero-order valence-corrected chi connectivity index (χ0v) is 14.2. The van der Waals surface area contributed by atoms with Crippen molar-refractivity contribution < 1.29 is 9.59 Å². The van der Waals surface area contributed by atoms with Crippen LogP contribution in [0.3, 0.4) is 0 Å². The van der Waals surface area contributed by atoms with Gasteiger partial charge >= 0.3 is 0 Å². The zero-order chi connectivity index (χ0) is 17.4. The molecule has 2 aromatic rings. The van der Waals surface area contributed by atoms with Crippen LogP contribution < -0.4 is 5.32 Å². The molecule has 0 aliphatic carbocycles. The van der Waals surface area contributed by atoms with Gasteiger partial charge in [-0.05, 0) is 30.9 Å². The maximum Gasteiger partial charge on any atom is 0.255 e. The first-order valence-electron chi connectivity index (χ1n) is 8.66. The lowest BCUT2D eigenvalue weighted by Crippen LogP contribution is -2.39. The number of rotatable bonds is 3. The van der Waals surface area contributed by atoms with Gasteiger partial charge in [0.15, 0.2) is 0 Å². The fourth-order valence-corrected chi connectivity index (χ4v) is 3.86. The number of fused-ring (bicyclic) bond motifs is 1. The Morgan fingerprint density at radius 1 is 1.32 bits per heavy atom. The molecule has 1 saturated heterocycles. The van der Waals surface area contributed by atoms with E-state index in [1.165, 1.54) is 0 Å². The Kier molecular flexibility index (Phi) is 3.99. The Labute approximate surface area is 146 Å². The normalized spacial score (nSPS) is 22.8. The van der Waals surface area contributed by atoms with Crippen LogP contribution >= 0.6 is 0 Å². The average molecular weight is 339 g/mol. The maximum atomic E-state index is 12.8. The highest BCUT2D eigenvalue weighted by Crippen LogP contribution is 2.31. The molecular formula is C18H21N5O2. The van der Waals surface area contributed by atoms with Gasteiger partial charge in [0, 0.05) is 32.4 Å². The summed E-state index contributed by atoms with van der Waals surface area (Å²) in [6.45, 7) is 0.867. The maximum absolute atomic E-state index is 12.8. The lowest BCUT2D eigenvalue weighted by atomic mass is 10.0. The van der Waals surface area contributed by atoms with E-state index in [1.807, 2.05) is 16.8 Å². The van der Waals surface area contributed by atoms with Gasteiger partial charge in [0.05, 0.1) is 29.5 Å².